The van der Waals surface area contributed by atoms with Gasteiger partial charge in [0.05, 0.1) is 19.9 Å². The molecule has 0 spiro atoms. The Balaban J connectivity index is 1.53. The number of ether oxygens (including phenoxy) is 1. The third-order valence-corrected chi connectivity index (χ3v) is 3.76. The van der Waals surface area contributed by atoms with Gasteiger partial charge in [0.25, 0.3) is 5.91 Å². The molecule has 0 aliphatic rings. The Labute approximate surface area is 144 Å². The molecule has 1 aromatic heterocycles. The molecule has 128 valence electrons. The van der Waals surface area contributed by atoms with Crippen molar-refractivity contribution in [2.75, 3.05) is 13.7 Å². The smallest absolute Gasteiger partial charge is 0.287 e. The van der Waals surface area contributed by atoms with Gasteiger partial charge in [0.15, 0.2) is 5.76 Å². The van der Waals surface area contributed by atoms with Gasteiger partial charge in [0.1, 0.15) is 5.75 Å². The van der Waals surface area contributed by atoms with Crippen LogP contribution in [0.25, 0.3) is 10.8 Å². The lowest BCUT2D eigenvalue weighted by molar-refractivity contribution is -0.120. The summed E-state index contributed by atoms with van der Waals surface area (Å²) in [4.78, 5) is 23.6. The Hall–Kier alpha value is -3.28. The van der Waals surface area contributed by atoms with Gasteiger partial charge in [0, 0.05) is 6.54 Å². The van der Waals surface area contributed by atoms with Crippen LogP contribution >= 0.6 is 0 Å². The first kappa shape index (κ1) is 16.6. The second kappa shape index (κ2) is 7.53. The summed E-state index contributed by atoms with van der Waals surface area (Å²) in [7, 11) is 1.63. The molecule has 1 heterocycles. The number of hydrogen-bond acceptors (Lipinski definition) is 4. The van der Waals surface area contributed by atoms with Gasteiger partial charge < -0.3 is 19.8 Å². The Bertz CT molecular complexity index is 888. The fourth-order valence-electron chi connectivity index (χ4n) is 2.43. The number of fused-ring (bicyclic) bond motifs is 1. The first-order chi connectivity index (χ1) is 12.2. The predicted molar refractivity (Wildman–Crippen MR) is 93.4 cm³/mol. The highest BCUT2D eigenvalue weighted by molar-refractivity contribution is 5.94. The van der Waals surface area contributed by atoms with E-state index in [2.05, 4.69) is 10.6 Å². The fourth-order valence-corrected chi connectivity index (χ4v) is 2.43. The Morgan fingerprint density at radius 2 is 1.84 bits per heavy atom. The minimum atomic E-state index is -0.417. The molecule has 0 fully saturated rings. The number of methoxy groups -OCH3 is 1. The number of rotatable bonds is 6. The summed E-state index contributed by atoms with van der Waals surface area (Å²) in [5.74, 6) is 0.299. The van der Waals surface area contributed by atoms with Crippen molar-refractivity contribution in [3.05, 3.63) is 66.1 Å². The summed E-state index contributed by atoms with van der Waals surface area (Å²) >= 11 is 0. The van der Waals surface area contributed by atoms with Crippen LogP contribution in [-0.2, 0) is 11.3 Å². The van der Waals surface area contributed by atoms with Crippen LogP contribution in [0.3, 0.4) is 0 Å². The summed E-state index contributed by atoms with van der Waals surface area (Å²) in [6.45, 7) is 0.280. The van der Waals surface area contributed by atoms with Crippen LogP contribution in [0, 0.1) is 0 Å². The standard InChI is InChI=1S/C19H18N2O4/c1-24-16-7-6-14-9-13(4-5-15(14)10-16)11-20-18(22)12-21-19(23)17-3-2-8-25-17/h2-10H,11-12H2,1H3,(H,20,22)(H,21,23). The van der Waals surface area contributed by atoms with E-state index in [1.165, 1.54) is 12.3 Å². The molecule has 0 aliphatic carbocycles. The fraction of sp³-hybridized carbons (Fsp3) is 0.158. The molecule has 2 amide bonds. The Kier molecular flexibility index (Phi) is 4.99. The first-order valence-electron chi connectivity index (χ1n) is 7.81. The van der Waals surface area contributed by atoms with Gasteiger partial charge in [-0.3, -0.25) is 9.59 Å². The second-order valence-electron chi connectivity index (χ2n) is 5.48. The minimum Gasteiger partial charge on any atom is -0.497 e. The summed E-state index contributed by atoms with van der Waals surface area (Å²) in [5.41, 5.74) is 0.975. The van der Waals surface area contributed by atoms with Crippen LogP contribution in [0.4, 0.5) is 0 Å². The van der Waals surface area contributed by atoms with Crippen molar-refractivity contribution in [1.82, 2.24) is 10.6 Å². The van der Waals surface area contributed by atoms with E-state index in [-0.39, 0.29) is 18.2 Å². The average molecular weight is 338 g/mol. The zero-order valence-corrected chi connectivity index (χ0v) is 13.7. The number of amides is 2. The molecule has 0 atom stereocenters. The SMILES string of the molecule is COc1ccc2cc(CNC(=O)CNC(=O)c3ccco3)ccc2c1. The molecule has 0 bridgehead atoms. The molecule has 2 N–H and O–H groups in total. The zero-order chi connectivity index (χ0) is 17.6. The molecule has 3 aromatic rings. The van der Waals surface area contributed by atoms with Crippen molar-refractivity contribution in [1.29, 1.82) is 0 Å². The number of benzene rings is 2. The van der Waals surface area contributed by atoms with Crippen LogP contribution in [0.1, 0.15) is 16.1 Å². The normalized spacial score (nSPS) is 10.4. The summed E-state index contributed by atoms with van der Waals surface area (Å²) in [6, 6.07) is 14.9. The lowest BCUT2D eigenvalue weighted by Crippen LogP contribution is -2.36. The minimum absolute atomic E-state index is 0.107. The maximum atomic E-state index is 11.9. The topological polar surface area (TPSA) is 80.6 Å². The molecule has 2 aromatic carbocycles. The molecule has 3 rings (SSSR count). The molecule has 0 saturated carbocycles. The van der Waals surface area contributed by atoms with Crippen molar-refractivity contribution in [3.63, 3.8) is 0 Å². The molecule has 6 nitrogen and oxygen atoms in total. The molecule has 0 radical (unpaired) electrons. The van der Waals surface area contributed by atoms with Gasteiger partial charge >= 0.3 is 0 Å². The highest BCUT2D eigenvalue weighted by Gasteiger charge is 2.10. The molecular weight excluding hydrogens is 320 g/mol. The van der Waals surface area contributed by atoms with Crippen molar-refractivity contribution < 1.29 is 18.7 Å². The number of nitrogens with one attached hydrogen (secondary N) is 2. The quantitative estimate of drug-likeness (QED) is 0.724. The van der Waals surface area contributed by atoms with Crippen LogP contribution in [0.15, 0.2) is 59.2 Å². The second-order valence-corrected chi connectivity index (χ2v) is 5.48. The summed E-state index contributed by atoms with van der Waals surface area (Å²) in [5, 5.41) is 7.42. The van der Waals surface area contributed by atoms with Crippen LogP contribution < -0.4 is 15.4 Å². The van der Waals surface area contributed by atoms with Crippen molar-refractivity contribution >= 4 is 22.6 Å². The average Bonchev–Trinajstić information content (AvgIpc) is 3.18. The maximum absolute atomic E-state index is 11.9. The first-order valence-corrected chi connectivity index (χ1v) is 7.81. The van der Waals surface area contributed by atoms with Crippen LogP contribution in [-0.4, -0.2) is 25.5 Å². The number of hydrogen-bond donors (Lipinski definition) is 2. The summed E-state index contributed by atoms with van der Waals surface area (Å²) in [6.07, 6.45) is 1.41. The Morgan fingerprint density at radius 3 is 2.60 bits per heavy atom. The van der Waals surface area contributed by atoms with E-state index in [9.17, 15) is 9.59 Å². The number of furan rings is 1. The van der Waals surface area contributed by atoms with E-state index >= 15 is 0 Å². The van der Waals surface area contributed by atoms with E-state index in [0.717, 1.165) is 22.1 Å². The van der Waals surface area contributed by atoms with Crippen molar-refractivity contribution in [2.24, 2.45) is 0 Å². The van der Waals surface area contributed by atoms with Crippen molar-refractivity contribution in [2.45, 2.75) is 6.54 Å². The predicted octanol–water partition coefficient (Wildman–Crippen LogP) is 2.49. The number of carbonyl (C=O) groups is 2. The van der Waals surface area contributed by atoms with Gasteiger partial charge in [-0.2, -0.15) is 0 Å². The van der Waals surface area contributed by atoms with E-state index in [1.54, 1.807) is 13.2 Å². The van der Waals surface area contributed by atoms with Crippen LogP contribution in [0.2, 0.25) is 0 Å². The monoisotopic (exact) mass is 338 g/mol. The summed E-state index contributed by atoms with van der Waals surface area (Å²) < 4.78 is 10.2. The van der Waals surface area contributed by atoms with Gasteiger partial charge in [-0.25, -0.2) is 0 Å². The van der Waals surface area contributed by atoms with E-state index < -0.39 is 5.91 Å². The van der Waals surface area contributed by atoms with Gasteiger partial charge in [-0.15, -0.1) is 0 Å². The Morgan fingerprint density at radius 1 is 1.04 bits per heavy atom. The van der Waals surface area contributed by atoms with Gasteiger partial charge in [0.2, 0.25) is 5.91 Å². The third-order valence-electron chi connectivity index (χ3n) is 3.76. The zero-order valence-electron chi connectivity index (χ0n) is 13.7. The molecule has 0 saturated heterocycles. The molecule has 25 heavy (non-hydrogen) atoms. The molecule has 0 aliphatic heterocycles. The van der Waals surface area contributed by atoms with Gasteiger partial charge in [-0.05, 0) is 46.7 Å². The highest BCUT2D eigenvalue weighted by Crippen LogP contribution is 2.21. The molecular formula is C19H18N2O4. The molecule has 0 unspecified atom stereocenters. The maximum Gasteiger partial charge on any atom is 0.287 e. The van der Waals surface area contributed by atoms with Gasteiger partial charge in [-0.1, -0.05) is 18.2 Å². The van der Waals surface area contributed by atoms with E-state index in [1.807, 2.05) is 36.4 Å². The lowest BCUT2D eigenvalue weighted by Gasteiger charge is -2.08. The lowest BCUT2D eigenvalue weighted by atomic mass is 10.1. The third kappa shape index (κ3) is 4.17. The highest BCUT2D eigenvalue weighted by atomic mass is 16.5. The van der Waals surface area contributed by atoms with Crippen LogP contribution in [0.5, 0.6) is 5.75 Å². The number of carbonyl (C=O) groups excluding carboxylic acids is 2. The largest absolute Gasteiger partial charge is 0.497 e. The molecule has 6 heteroatoms. The van der Waals surface area contributed by atoms with E-state index in [4.69, 9.17) is 9.15 Å². The van der Waals surface area contributed by atoms with Crippen molar-refractivity contribution in [3.8, 4) is 5.75 Å². The van der Waals surface area contributed by atoms with E-state index in [0.29, 0.717) is 6.54 Å².